The molecule has 5 N–H and O–H groups in total. The van der Waals surface area contributed by atoms with E-state index in [0.29, 0.717) is 0 Å². The maximum Gasteiger partial charge on any atom is 0.472 e. The van der Waals surface area contributed by atoms with Crippen molar-refractivity contribution >= 4 is 7.82 Å². The molecule has 0 heterocycles. The number of phosphoric ester groups is 1. The first kappa shape index (κ1) is 11.0. The van der Waals surface area contributed by atoms with Gasteiger partial charge in [-0.15, -0.1) is 0 Å². The Balaban J connectivity index is 3.53. The van der Waals surface area contributed by atoms with Crippen molar-refractivity contribution in [3.05, 3.63) is 0 Å². The average Bonchev–Trinajstić information content (AvgIpc) is 1.97. The SMILES string of the molecule is NCCOP(=O)(O)OCCN. The third-order valence-corrected chi connectivity index (χ3v) is 1.76. The Labute approximate surface area is 65.1 Å². The van der Waals surface area contributed by atoms with Crippen LogP contribution in [-0.4, -0.2) is 31.2 Å². The minimum Gasteiger partial charge on any atom is -0.328 e. The highest BCUT2D eigenvalue weighted by molar-refractivity contribution is 7.47. The molecular formula is C4H13N2O4P. The van der Waals surface area contributed by atoms with E-state index >= 15 is 0 Å². The summed E-state index contributed by atoms with van der Waals surface area (Å²) >= 11 is 0. The van der Waals surface area contributed by atoms with E-state index in [1.54, 1.807) is 0 Å². The summed E-state index contributed by atoms with van der Waals surface area (Å²) in [5.41, 5.74) is 10.1. The Bertz CT molecular complexity index is 130. The van der Waals surface area contributed by atoms with Gasteiger partial charge in [0.2, 0.25) is 0 Å². The average molecular weight is 184 g/mol. The van der Waals surface area contributed by atoms with Gasteiger partial charge in [-0.05, 0) is 0 Å². The normalized spacial score (nSPS) is 11.9. The highest BCUT2D eigenvalue weighted by atomic mass is 31.2. The van der Waals surface area contributed by atoms with Gasteiger partial charge < -0.3 is 16.4 Å². The van der Waals surface area contributed by atoms with E-state index in [1.165, 1.54) is 0 Å². The van der Waals surface area contributed by atoms with Crippen molar-refractivity contribution in [1.82, 2.24) is 0 Å². The molecule has 0 radical (unpaired) electrons. The van der Waals surface area contributed by atoms with Crippen LogP contribution < -0.4 is 11.5 Å². The lowest BCUT2D eigenvalue weighted by atomic mass is 10.8. The number of hydrogen-bond acceptors (Lipinski definition) is 5. The van der Waals surface area contributed by atoms with Crippen LogP contribution in [-0.2, 0) is 13.6 Å². The molecule has 0 aliphatic heterocycles. The Morgan fingerprint density at radius 3 is 1.82 bits per heavy atom. The molecule has 0 bridgehead atoms. The quantitative estimate of drug-likeness (QED) is 0.459. The summed E-state index contributed by atoms with van der Waals surface area (Å²) in [4.78, 5) is 8.78. The minimum absolute atomic E-state index is 0.00164. The maximum absolute atomic E-state index is 10.7. The number of rotatable bonds is 6. The molecule has 0 atom stereocenters. The Morgan fingerprint density at radius 2 is 1.55 bits per heavy atom. The monoisotopic (exact) mass is 184 g/mol. The fraction of sp³-hybridized carbons (Fsp3) is 1.00. The molecule has 0 spiro atoms. The highest BCUT2D eigenvalue weighted by Gasteiger charge is 2.19. The topological polar surface area (TPSA) is 108 Å². The summed E-state index contributed by atoms with van der Waals surface area (Å²) in [5, 5.41) is 0. The van der Waals surface area contributed by atoms with Crippen LogP contribution in [0.4, 0.5) is 0 Å². The van der Waals surface area contributed by atoms with Crippen molar-refractivity contribution in [1.29, 1.82) is 0 Å². The van der Waals surface area contributed by atoms with Crippen molar-refractivity contribution < 1.29 is 18.5 Å². The number of nitrogens with two attached hydrogens (primary N) is 2. The van der Waals surface area contributed by atoms with Crippen molar-refractivity contribution in [2.45, 2.75) is 0 Å². The van der Waals surface area contributed by atoms with Gasteiger partial charge in [0.25, 0.3) is 0 Å². The fourth-order valence-electron chi connectivity index (χ4n) is 0.373. The molecule has 0 aliphatic rings. The van der Waals surface area contributed by atoms with Gasteiger partial charge in [0.05, 0.1) is 13.2 Å². The van der Waals surface area contributed by atoms with Crippen LogP contribution in [0.1, 0.15) is 0 Å². The molecule has 0 fully saturated rings. The zero-order chi connectivity index (χ0) is 8.74. The van der Waals surface area contributed by atoms with E-state index in [-0.39, 0.29) is 26.3 Å². The van der Waals surface area contributed by atoms with Gasteiger partial charge in [-0.25, -0.2) is 4.57 Å². The zero-order valence-corrected chi connectivity index (χ0v) is 7.00. The van der Waals surface area contributed by atoms with Crippen LogP contribution in [0.25, 0.3) is 0 Å². The first-order chi connectivity index (χ1) is 5.12. The van der Waals surface area contributed by atoms with Crippen LogP contribution in [0.3, 0.4) is 0 Å². The molecule has 11 heavy (non-hydrogen) atoms. The molecule has 0 aromatic carbocycles. The lowest BCUT2D eigenvalue weighted by Crippen LogP contribution is -2.11. The molecular weight excluding hydrogens is 171 g/mol. The van der Waals surface area contributed by atoms with E-state index < -0.39 is 7.82 Å². The second-order valence-electron chi connectivity index (χ2n) is 1.71. The minimum atomic E-state index is -3.89. The molecule has 6 nitrogen and oxygen atoms in total. The van der Waals surface area contributed by atoms with Gasteiger partial charge in [-0.1, -0.05) is 0 Å². The highest BCUT2D eigenvalue weighted by Crippen LogP contribution is 2.42. The summed E-state index contributed by atoms with van der Waals surface area (Å²) in [6.45, 7) is 0.351. The van der Waals surface area contributed by atoms with Crippen LogP contribution in [0, 0.1) is 0 Å². The summed E-state index contributed by atoms with van der Waals surface area (Å²) in [7, 11) is -3.89. The van der Waals surface area contributed by atoms with Crippen molar-refractivity contribution in [3.63, 3.8) is 0 Å². The number of phosphoric acid groups is 1. The lowest BCUT2D eigenvalue weighted by Gasteiger charge is -2.09. The van der Waals surface area contributed by atoms with Gasteiger partial charge in [-0.2, -0.15) is 0 Å². The molecule has 7 heteroatoms. The van der Waals surface area contributed by atoms with Crippen LogP contribution in [0.5, 0.6) is 0 Å². The van der Waals surface area contributed by atoms with E-state index in [2.05, 4.69) is 9.05 Å². The van der Waals surface area contributed by atoms with Crippen LogP contribution in [0.15, 0.2) is 0 Å². The van der Waals surface area contributed by atoms with Gasteiger partial charge in [0.15, 0.2) is 0 Å². The smallest absolute Gasteiger partial charge is 0.328 e. The molecule has 0 aromatic heterocycles. The molecule has 0 amide bonds. The first-order valence-corrected chi connectivity index (χ1v) is 4.64. The van der Waals surface area contributed by atoms with E-state index in [1.807, 2.05) is 0 Å². The second kappa shape index (κ2) is 5.65. The molecule has 0 saturated heterocycles. The Hall–Kier alpha value is 0.0300. The maximum atomic E-state index is 10.7. The van der Waals surface area contributed by atoms with E-state index in [4.69, 9.17) is 16.4 Å². The number of hydrogen-bond donors (Lipinski definition) is 3. The van der Waals surface area contributed by atoms with Crippen molar-refractivity contribution in [3.8, 4) is 0 Å². The van der Waals surface area contributed by atoms with Crippen LogP contribution >= 0.6 is 7.82 Å². The zero-order valence-electron chi connectivity index (χ0n) is 6.10. The van der Waals surface area contributed by atoms with Crippen molar-refractivity contribution in [2.24, 2.45) is 11.5 Å². The Morgan fingerprint density at radius 1 is 1.18 bits per heavy atom. The molecule has 68 valence electrons. The predicted molar refractivity (Wildman–Crippen MR) is 39.8 cm³/mol. The lowest BCUT2D eigenvalue weighted by molar-refractivity contribution is 0.156. The fourth-order valence-corrected chi connectivity index (χ4v) is 1.12. The largest absolute Gasteiger partial charge is 0.472 e. The summed E-state index contributed by atoms with van der Waals surface area (Å²) in [6, 6.07) is 0. The summed E-state index contributed by atoms with van der Waals surface area (Å²) in [5.74, 6) is 0. The summed E-state index contributed by atoms with van der Waals surface area (Å²) in [6.07, 6.45) is 0. The summed E-state index contributed by atoms with van der Waals surface area (Å²) < 4.78 is 19.5. The molecule has 0 rings (SSSR count). The standard InChI is InChI=1S/C4H13N2O4P/c5-1-3-9-11(7,8)10-4-2-6/h1-6H2,(H,7,8). The second-order valence-corrected chi connectivity index (χ2v) is 3.17. The van der Waals surface area contributed by atoms with Crippen molar-refractivity contribution in [2.75, 3.05) is 26.3 Å². The van der Waals surface area contributed by atoms with Gasteiger partial charge in [0.1, 0.15) is 0 Å². The Kier molecular flexibility index (Phi) is 5.67. The van der Waals surface area contributed by atoms with Gasteiger partial charge >= 0.3 is 7.82 Å². The van der Waals surface area contributed by atoms with E-state index in [0.717, 1.165) is 0 Å². The van der Waals surface area contributed by atoms with E-state index in [9.17, 15) is 4.57 Å². The third-order valence-electron chi connectivity index (χ3n) is 0.745. The molecule has 0 saturated carbocycles. The van der Waals surface area contributed by atoms with Gasteiger partial charge in [-0.3, -0.25) is 9.05 Å². The third kappa shape index (κ3) is 6.43. The van der Waals surface area contributed by atoms with Gasteiger partial charge in [0, 0.05) is 13.1 Å². The molecule has 0 aromatic rings. The predicted octanol–water partition coefficient (Wildman–Crippen LogP) is -0.963. The molecule has 0 unspecified atom stereocenters. The first-order valence-electron chi connectivity index (χ1n) is 3.14. The molecule has 0 aliphatic carbocycles. The van der Waals surface area contributed by atoms with Crippen LogP contribution in [0.2, 0.25) is 0 Å².